The topological polar surface area (TPSA) is 55.1 Å². The molecule has 0 spiro atoms. The molecule has 0 bridgehead atoms. The molecule has 80 valence electrons. The van der Waals surface area contributed by atoms with Gasteiger partial charge in [-0.25, -0.2) is 0 Å². The van der Waals surface area contributed by atoms with Gasteiger partial charge in [0.05, 0.1) is 5.92 Å². The van der Waals surface area contributed by atoms with Crippen molar-refractivity contribution in [2.24, 2.45) is 11.7 Å². The van der Waals surface area contributed by atoms with Gasteiger partial charge in [-0.15, -0.1) is 0 Å². The van der Waals surface area contributed by atoms with Crippen LogP contribution in [0.5, 0.6) is 0 Å². The molecule has 0 saturated heterocycles. The van der Waals surface area contributed by atoms with Gasteiger partial charge in [-0.1, -0.05) is 23.2 Å². The molecule has 0 heterocycles. The monoisotopic (exact) mass is 244 g/mol. The minimum absolute atomic E-state index is 0.000318. The van der Waals surface area contributed by atoms with Crippen LogP contribution in [0, 0.1) is 5.92 Å². The van der Waals surface area contributed by atoms with E-state index in [4.69, 9.17) is 28.9 Å². The first-order chi connectivity index (χ1) is 7.06. The molecular formula is C10H10Cl2N2O. The molecule has 3 nitrogen and oxygen atoms in total. The van der Waals surface area contributed by atoms with Crippen LogP contribution in [0.4, 0.5) is 5.69 Å². The van der Waals surface area contributed by atoms with Gasteiger partial charge in [0, 0.05) is 21.8 Å². The van der Waals surface area contributed by atoms with Crippen LogP contribution in [0.3, 0.4) is 0 Å². The third-order valence-electron chi connectivity index (χ3n) is 2.31. The number of amides is 1. The van der Waals surface area contributed by atoms with E-state index in [1.54, 1.807) is 18.2 Å². The Morgan fingerprint density at radius 3 is 2.33 bits per heavy atom. The fraction of sp³-hybridized carbons (Fsp3) is 0.300. The zero-order valence-electron chi connectivity index (χ0n) is 7.84. The number of carbonyl (C=O) groups excluding carboxylic acids is 1. The highest BCUT2D eigenvalue weighted by Crippen LogP contribution is 2.30. The number of carbonyl (C=O) groups is 1. The number of rotatable bonds is 2. The molecule has 0 aromatic heterocycles. The van der Waals surface area contributed by atoms with Crippen LogP contribution in [0.25, 0.3) is 0 Å². The highest BCUT2D eigenvalue weighted by molar-refractivity contribution is 6.35. The van der Waals surface area contributed by atoms with E-state index in [0.29, 0.717) is 15.7 Å². The predicted molar refractivity (Wildman–Crippen MR) is 61.2 cm³/mol. The lowest BCUT2D eigenvalue weighted by Gasteiger charge is -2.05. The van der Waals surface area contributed by atoms with E-state index in [1.807, 2.05) is 0 Å². The van der Waals surface area contributed by atoms with Crippen LogP contribution < -0.4 is 11.1 Å². The number of hydrogen-bond acceptors (Lipinski definition) is 2. The first-order valence-electron chi connectivity index (χ1n) is 4.59. The number of nitrogens with two attached hydrogens (primary N) is 1. The molecule has 0 radical (unpaired) electrons. The zero-order valence-corrected chi connectivity index (χ0v) is 9.35. The van der Waals surface area contributed by atoms with E-state index in [2.05, 4.69) is 5.32 Å². The number of anilines is 1. The van der Waals surface area contributed by atoms with Crippen molar-refractivity contribution in [3.8, 4) is 0 Å². The second-order valence-electron chi connectivity index (χ2n) is 3.65. The van der Waals surface area contributed by atoms with Gasteiger partial charge in [0.1, 0.15) is 0 Å². The van der Waals surface area contributed by atoms with Gasteiger partial charge < -0.3 is 11.1 Å². The van der Waals surface area contributed by atoms with Crippen LogP contribution >= 0.6 is 23.2 Å². The average molecular weight is 245 g/mol. The molecule has 1 fully saturated rings. The van der Waals surface area contributed by atoms with Crippen molar-refractivity contribution in [2.75, 3.05) is 5.32 Å². The van der Waals surface area contributed by atoms with Gasteiger partial charge in [-0.05, 0) is 24.6 Å². The fourth-order valence-electron chi connectivity index (χ4n) is 1.38. The largest absolute Gasteiger partial charge is 0.327 e. The lowest BCUT2D eigenvalue weighted by Crippen LogP contribution is -2.18. The Kier molecular flexibility index (Phi) is 2.87. The van der Waals surface area contributed by atoms with Crippen molar-refractivity contribution >= 4 is 34.8 Å². The number of nitrogens with one attached hydrogen (secondary N) is 1. The number of halogens is 2. The Balaban J connectivity index is 2.07. The highest BCUT2D eigenvalue weighted by Gasteiger charge is 2.39. The van der Waals surface area contributed by atoms with Crippen LogP contribution in [-0.2, 0) is 4.79 Å². The van der Waals surface area contributed by atoms with Gasteiger partial charge in [0.25, 0.3) is 0 Å². The summed E-state index contributed by atoms with van der Waals surface area (Å²) in [6, 6.07) is 4.92. The maximum Gasteiger partial charge on any atom is 0.229 e. The van der Waals surface area contributed by atoms with Crippen LogP contribution in [0.15, 0.2) is 18.2 Å². The molecule has 0 aliphatic heterocycles. The molecule has 1 aliphatic rings. The van der Waals surface area contributed by atoms with Crippen LogP contribution in [-0.4, -0.2) is 11.9 Å². The minimum Gasteiger partial charge on any atom is -0.327 e. The molecule has 15 heavy (non-hydrogen) atoms. The third kappa shape index (κ3) is 2.62. The van der Waals surface area contributed by atoms with Gasteiger partial charge in [-0.3, -0.25) is 4.79 Å². The maximum atomic E-state index is 11.5. The molecule has 2 unspecified atom stereocenters. The normalized spacial score (nSPS) is 23.7. The molecule has 1 aliphatic carbocycles. The first-order valence-corrected chi connectivity index (χ1v) is 5.34. The second-order valence-corrected chi connectivity index (χ2v) is 4.53. The van der Waals surface area contributed by atoms with E-state index in [1.165, 1.54) is 0 Å². The smallest absolute Gasteiger partial charge is 0.229 e. The first kappa shape index (κ1) is 10.7. The van der Waals surface area contributed by atoms with Crippen molar-refractivity contribution in [1.29, 1.82) is 0 Å². The standard InChI is InChI=1S/C10H10Cl2N2O/c11-5-1-6(12)3-7(2-5)14-10(15)8-4-9(8)13/h1-3,8-9H,4,13H2,(H,14,15). The number of hydrogen-bond donors (Lipinski definition) is 2. The second kappa shape index (κ2) is 4.00. The Morgan fingerprint density at radius 2 is 1.87 bits per heavy atom. The Morgan fingerprint density at radius 1 is 1.33 bits per heavy atom. The van der Waals surface area contributed by atoms with Crippen molar-refractivity contribution in [3.63, 3.8) is 0 Å². The zero-order chi connectivity index (χ0) is 11.0. The maximum absolute atomic E-state index is 11.5. The molecule has 1 saturated carbocycles. The summed E-state index contributed by atoms with van der Waals surface area (Å²) in [5, 5.41) is 3.72. The molecule has 2 rings (SSSR count). The van der Waals surface area contributed by atoms with Crippen molar-refractivity contribution in [2.45, 2.75) is 12.5 Å². The van der Waals surface area contributed by atoms with Gasteiger partial charge in [0.2, 0.25) is 5.91 Å². The molecular weight excluding hydrogens is 235 g/mol. The summed E-state index contributed by atoms with van der Waals surface area (Å²) in [7, 11) is 0. The van der Waals surface area contributed by atoms with E-state index in [0.717, 1.165) is 6.42 Å². The summed E-state index contributed by atoms with van der Waals surface area (Å²) >= 11 is 11.6. The lowest BCUT2D eigenvalue weighted by molar-refractivity contribution is -0.117. The molecule has 1 amide bonds. The number of benzene rings is 1. The van der Waals surface area contributed by atoms with Gasteiger partial charge in [-0.2, -0.15) is 0 Å². The molecule has 5 heteroatoms. The summed E-state index contributed by atoms with van der Waals surface area (Å²) in [6.07, 6.45) is 0.750. The Labute approximate surface area is 97.5 Å². The van der Waals surface area contributed by atoms with E-state index in [9.17, 15) is 4.79 Å². The van der Waals surface area contributed by atoms with Crippen molar-refractivity contribution in [3.05, 3.63) is 28.2 Å². The van der Waals surface area contributed by atoms with E-state index < -0.39 is 0 Å². The molecule has 1 aromatic rings. The van der Waals surface area contributed by atoms with Crippen molar-refractivity contribution < 1.29 is 4.79 Å². The summed E-state index contributed by atoms with van der Waals surface area (Å²) in [4.78, 5) is 11.5. The van der Waals surface area contributed by atoms with Gasteiger partial charge >= 0.3 is 0 Å². The van der Waals surface area contributed by atoms with Crippen LogP contribution in [0.1, 0.15) is 6.42 Å². The van der Waals surface area contributed by atoms with E-state index in [-0.39, 0.29) is 17.9 Å². The average Bonchev–Trinajstić information content (AvgIpc) is 2.80. The molecule has 1 aromatic carbocycles. The quantitative estimate of drug-likeness (QED) is 0.839. The molecule has 3 N–H and O–H groups in total. The Bertz CT molecular complexity index is 388. The lowest BCUT2D eigenvalue weighted by atomic mass is 10.3. The SMILES string of the molecule is NC1CC1C(=O)Nc1cc(Cl)cc(Cl)c1. The van der Waals surface area contributed by atoms with Crippen LogP contribution in [0.2, 0.25) is 10.0 Å². The summed E-state index contributed by atoms with van der Waals surface area (Å²) in [6.45, 7) is 0. The molecule has 2 atom stereocenters. The Hall–Kier alpha value is -0.770. The highest BCUT2D eigenvalue weighted by atomic mass is 35.5. The summed E-state index contributed by atoms with van der Waals surface area (Å²) in [5.41, 5.74) is 6.18. The van der Waals surface area contributed by atoms with E-state index >= 15 is 0 Å². The fourth-order valence-corrected chi connectivity index (χ4v) is 1.90. The third-order valence-corrected chi connectivity index (χ3v) is 2.74. The predicted octanol–water partition coefficient (Wildman–Crippen LogP) is 2.28. The summed E-state index contributed by atoms with van der Waals surface area (Å²) < 4.78 is 0. The van der Waals surface area contributed by atoms with Crippen molar-refractivity contribution in [1.82, 2.24) is 0 Å². The van der Waals surface area contributed by atoms with Gasteiger partial charge in [0.15, 0.2) is 0 Å². The minimum atomic E-state index is -0.0687. The summed E-state index contributed by atoms with van der Waals surface area (Å²) in [5.74, 6) is -0.136.